The molecule has 0 spiro atoms. The van der Waals surface area contributed by atoms with Crippen LogP contribution in [0.3, 0.4) is 0 Å². The number of nitrogens with zero attached hydrogens (tertiary/aromatic N) is 1. The van der Waals surface area contributed by atoms with Gasteiger partial charge in [-0.1, -0.05) is 6.07 Å². The van der Waals surface area contributed by atoms with Gasteiger partial charge in [0.05, 0.1) is 23.5 Å². The second kappa shape index (κ2) is 8.37. The summed E-state index contributed by atoms with van der Waals surface area (Å²) in [5, 5.41) is 11.8. The molecule has 0 atom stereocenters. The lowest BCUT2D eigenvalue weighted by Gasteiger charge is -2.26. The van der Waals surface area contributed by atoms with E-state index in [9.17, 15) is 18.0 Å². The Hall–Kier alpha value is -1.97. The zero-order valence-corrected chi connectivity index (χ0v) is 16.6. The molecule has 27 heavy (non-hydrogen) atoms. The average molecular weight is 398 g/mol. The van der Waals surface area contributed by atoms with Crippen LogP contribution in [0.2, 0.25) is 0 Å². The van der Waals surface area contributed by atoms with Crippen LogP contribution in [0.1, 0.15) is 36.2 Å². The van der Waals surface area contributed by atoms with Crippen molar-refractivity contribution >= 4 is 21.9 Å². The Balaban J connectivity index is 2.14. The number of carbonyl (C=O) groups is 2. The molecule has 1 amide bonds. The van der Waals surface area contributed by atoms with E-state index in [1.807, 2.05) is 0 Å². The average Bonchev–Trinajstić information content (AvgIpc) is 2.62. The van der Waals surface area contributed by atoms with Gasteiger partial charge in [0.15, 0.2) is 0 Å². The minimum atomic E-state index is -3.71. The van der Waals surface area contributed by atoms with E-state index in [1.165, 1.54) is 10.4 Å². The number of aryl methyl sites for hydroxylation is 1. The van der Waals surface area contributed by atoms with Crippen molar-refractivity contribution in [2.75, 3.05) is 32.8 Å². The van der Waals surface area contributed by atoms with Crippen LogP contribution < -0.4 is 5.32 Å². The Morgan fingerprint density at radius 2 is 1.89 bits per heavy atom. The number of amides is 1. The van der Waals surface area contributed by atoms with Crippen LogP contribution in [-0.2, 0) is 19.6 Å². The van der Waals surface area contributed by atoms with Crippen molar-refractivity contribution in [1.82, 2.24) is 9.62 Å². The fourth-order valence-electron chi connectivity index (χ4n) is 2.64. The highest BCUT2D eigenvalue weighted by Gasteiger charge is 2.29. The van der Waals surface area contributed by atoms with E-state index < -0.39 is 27.3 Å². The van der Waals surface area contributed by atoms with Gasteiger partial charge in [0.1, 0.15) is 0 Å². The van der Waals surface area contributed by atoms with Crippen molar-refractivity contribution in [3.8, 4) is 0 Å². The van der Waals surface area contributed by atoms with Crippen LogP contribution in [0.4, 0.5) is 0 Å². The maximum Gasteiger partial charge on any atom is 0.309 e. The number of sulfonamides is 1. The highest BCUT2D eigenvalue weighted by atomic mass is 32.2. The third-order valence-electron chi connectivity index (χ3n) is 4.65. The van der Waals surface area contributed by atoms with Gasteiger partial charge in [-0.3, -0.25) is 9.59 Å². The van der Waals surface area contributed by atoms with Gasteiger partial charge in [-0.15, -0.1) is 0 Å². The number of carboxylic acid groups (broad SMARTS) is 1. The Kier molecular flexibility index (Phi) is 6.61. The number of aliphatic carboxylic acids is 1. The molecule has 0 aliphatic carbocycles. The van der Waals surface area contributed by atoms with Crippen molar-refractivity contribution in [2.45, 2.75) is 32.1 Å². The van der Waals surface area contributed by atoms with Crippen LogP contribution >= 0.6 is 0 Å². The molecule has 0 radical (unpaired) electrons. The zero-order valence-electron chi connectivity index (χ0n) is 15.8. The summed E-state index contributed by atoms with van der Waals surface area (Å²) in [6.07, 6.45) is 0.263. The molecule has 0 saturated carbocycles. The van der Waals surface area contributed by atoms with E-state index in [-0.39, 0.29) is 36.5 Å². The van der Waals surface area contributed by atoms with Gasteiger partial charge in [-0.2, -0.15) is 4.31 Å². The molecule has 0 unspecified atom stereocenters. The Labute approximate surface area is 159 Å². The summed E-state index contributed by atoms with van der Waals surface area (Å²) < 4.78 is 32.3. The second-order valence-corrected chi connectivity index (χ2v) is 9.10. The number of hydrogen-bond acceptors (Lipinski definition) is 5. The van der Waals surface area contributed by atoms with Crippen LogP contribution in [-0.4, -0.2) is 62.6 Å². The molecule has 9 heteroatoms. The summed E-state index contributed by atoms with van der Waals surface area (Å²) >= 11 is 0. The summed E-state index contributed by atoms with van der Waals surface area (Å²) in [6.45, 7) is 6.28. The third kappa shape index (κ3) is 5.06. The lowest BCUT2D eigenvalue weighted by Crippen LogP contribution is -2.41. The first-order chi connectivity index (χ1) is 12.6. The molecular weight excluding hydrogens is 372 g/mol. The van der Waals surface area contributed by atoms with Gasteiger partial charge in [0.25, 0.3) is 5.91 Å². The monoisotopic (exact) mass is 398 g/mol. The Morgan fingerprint density at radius 3 is 2.48 bits per heavy atom. The largest absolute Gasteiger partial charge is 0.481 e. The van der Waals surface area contributed by atoms with Gasteiger partial charge in [-0.25, -0.2) is 8.42 Å². The number of nitrogens with one attached hydrogen (secondary N) is 1. The minimum Gasteiger partial charge on any atom is -0.481 e. The van der Waals surface area contributed by atoms with Crippen molar-refractivity contribution in [2.24, 2.45) is 5.41 Å². The number of ether oxygens (including phenoxy) is 1. The summed E-state index contributed by atoms with van der Waals surface area (Å²) in [5.41, 5.74) is -0.170. The molecule has 0 aromatic heterocycles. The molecule has 1 fully saturated rings. The fraction of sp³-hybridized carbons (Fsp3) is 0.556. The zero-order chi connectivity index (χ0) is 20.2. The molecule has 150 valence electrons. The van der Waals surface area contributed by atoms with Crippen LogP contribution in [0.15, 0.2) is 23.1 Å². The number of carboxylic acids is 1. The summed E-state index contributed by atoms with van der Waals surface area (Å²) in [7, 11) is -3.71. The first-order valence-electron chi connectivity index (χ1n) is 8.76. The first kappa shape index (κ1) is 21.3. The van der Waals surface area contributed by atoms with Crippen molar-refractivity contribution in [1.29, 1.82) is 0 Å². The highest BCUT2D eigenvalue weighted by molar-refractivity contribution is 7.89. The predicted molar refractivity (Wildman–Crippen MR) is 99.1 cm³/mol. The Morgan fingerprint density at radius 1 is 1.26 bits per heavy atom. The van der Waals surface area contributed by atoms with E-state index in [4.69, 9.17) is 9.84 Å². The fourth-order valence-corrected chi connectivity index (χ4v) is 4.30. The van der Waals surface area contributed by atoms with E-state index >= 15 is 0 Å². The van der Waals surface area contributed by atoms with Gasteiger partial charge in [-0.05, 0) is 44.9 Å². The molecule has 2 N–H and O–H groups in total. The predicted octanol–water partition coefficient (Wildman–Crippen LogP) is 1.25. The highest BCUT2D eigenvalue weighted by Crippen LogP contribution is 2.23. The summed E-state index contributed by atoms with van der Waals surface area (Å²) in [4.78, 5) is 23.6. The van der Waals surface area contributed by atoms with E-state index in [0.717, 1.165) is 0 Å². The first-order valence-corrected chi connectivity index (χ1v) is 10.2. The quantitative estimate of drug-likeness (QED) is 0.715. The van der Waals surface area contributed by atoms with Gasteiger partial charge >= 0.3 is 5.97 Å². The van der Waals surface area contributed by atoms with E-state index in [1.54, 1.807) is 32.9 Å². The molecule has 8 nitrogen and oxygen atoms in total. The SMILES string of the molecule is Cc1ccc(C(=O)NCCC(C)(C)C(=O)O)cc1S(=O)(=O)N1CCOCC1. The van der Waals surface area contributed by atoms with Crippen molar-refractivity contribution in [3.63, 3.8) is 0 Å². The molecule has 1 heterocycles. The number of morpholine rings is 1. The van der Waals surface area contributed by atoms with Crippen LogP contribution in [0.25, 0.3) is 0 Å². The summed E-state index contributed by atoms with van der Waals surface area (Å²) in [5.74, 6) is -1.37. The smallest absolute Gasteiger partial charge is 0.309 e. The lowest BCUT2D eigenvalue weighted by molar-refractivity contribution is -0.147. The van der Waals surface area contributed by atoms with Gasteiger partial charge in [0.2, 0.25) is 10.0 Å². The molecule has 1 aromatic carbocycles. The van der Waals surface area contributed by atoms with Crippen molar-refractivity contribution < 1.29 is 27.9 Å². The topological polar surface area (TPSA) is 113 Å². The lowest BCUT2D eigenvalue weighted by atomic mass is 9.90. The number of benzene rings is 1. The molecular formula is C18H26N2O6S. The number of carbonyl (C=O) groups excluding carboxylic acids is 1. The molecule has 1 aliphatic heterocycles. The Bertz CT molecular complexity index is 813. The molecule has 0 bridgehead atoms. The normalized spacial score (nSPS) is 16.1. The summed E-state index contributed by atoms with van der Waals surface area (Å²) in [6, 6.07) is 4.53. The molecule has 1 saturated heterocycles. The molecule has 2 rings (SSSR count). The molecule has 1 aliphatic rings. The van der Waals surface area contributed by atoms with Gasteiger partial charge in [0, 0.05) is 25.2 Å². The third-order valence-corrected chi connectivity index (χ3v) is 6.69. The van der Waals surface area contributed by atoms with Crippen molar-refractivity contribution in [3.05, 3.63) is 29.3 Å². The maximum atomic E-state index is 12.9. The van der Waals surface area contributed by atoms with E-state index in [2.05, 4.69) is 5.32 Å². The van der Waals surface area contributed by atoms with E-state index in [0.29, 0.717) is 18.8 Å². The van der Waals surface area contributed by atoms with Crippen LogP contribution in [0, 0.1) is 12.3 Å². The molecule has 1 aromatic rings. The number of rotatable bonds is 7. The standard InChI is InChI=1S/C18H26N2O6S/c1-13-4-5-14(16(21)19-7-6-18(2,3)17(22)23)12-15(13)27(24,25)20-8-10-26-11-9-20/h4-5,12H,6-11H2,1-3H3,(H,19,21)(H,22,23). The van der Waals surface area contributed by atoms with Crippen LogP contribution in [0.5, 0.6) is 0 Å². The maximum absolute atomic E-state index is 12.9. The second-order valence-electron chi connectivity index (χ2n) is 7.19. The minimum absolute atomic E-state index is 0.0999. The number of hydrogen-bond donors (Lipinski definition) is 2. The van der Waals surface area contributed by atoms with Gasteiger partial charge < -0.3 is 15.2 Å².